The zero-order valence-electron chi connectivity index (χ0n) is 18.6. The Balaban J connectivity index is 1.99. The van der Waals surface area contributed by atoms with Crippen LogP contribution in [0.25, 0.3) is 0 Å². The molecule has 1 heterocycles. The third kappa shape index (κ3) is 5.45. The van der Waals surface area contributed by atoms with E-state index in [1.807, 2.05) is 19.9 Å². The van der Waals surface area contributed by atoms with Crippen molar-refractivity contribution >= 4 is 21.6 Å². The van der Waals surface area contributed by atoms with Crippen LogP contribution in [0, 0.1) is 20.8 Å². The summed E-state index contributed by atoms with van der Waals surface area (Å²) in [6.07, 6.45) is 3.27. The van der Waals surface area contributed by atoms with Gasteiger partial charge in [0.05, 0.1) is 12.8 Å². The van der Waals surface area contributed by atoms with Crippen LogP contribution in [-0.4, -0.2) is 33.0 Å². The fourth-order valence-corrected chi connectivity index (χ4v) is 5.05. The number of aryl methyl sites for hydroxylation is 3. The number of anilines is 1. The van der Waals surface area contributed by atoms with Crippen LogP contribution in [0.5, 0.6) is 5.75 Å². The third-order valence-corrected chi connectivity index (χ3v) is 6.70. The Labute approximate surface area is 189 Å². The summed E-state index contributed by atoms with van der Waals surface area (Å²) < 4.78 is 34.0. The number of pyridine rings is 1. The van der Waals surface area contributed by atoms with Gasteiger partial charge >= 0.3 is 0 Å². The minimum atomic E-state index is -4.09. The number of hydrogen-bond acceptors (Lipinski definition) is 5. The second-order valence-electron chi connectivity index (χ2n) is 7.64. The van der Waals surface area contributed by atoms with Crippen LogP contribution in [0.4, 0.5) is 5.69 Å². The Morgan fingerprint density at radius 1 is 0.969 bits per heavy atom. The minimum absolute atomic E-state index is 0.0149. The number of aromatic nitrogens is 1. The van der Waals surface area contributed by atoms with Gasteiger partial charge in [-0.3, -0.25) is 14.1 Å². The van der Waals surface area contributed by atoms with E-state index in [1.165, 1.54) is 7.11 Å². The topological polar surface area (TPSA) is 88.6 Å². The summed E-state index contributed by atoms with van der Waals surface area (Å²) in [7, 11) is -2.67. The Morgan fingerprint density at radius 2 is 1.62 bits per heavy atom. The van der Waals surface area contributed by atoms with Gasteiger partial charge in [0.15, 0.2) is 0 Å². The molecular weight excluding hydrogens is 426 g/mol. The Morgan fingerprint density at radius 3 is 2.25 bits per heavy atom. The summed E-state index contributed by atoms with van der Waals surface area (Å²) >= 11 is 0. The molecule has 3 aromatic rings. The van der Waals surface area contributed by atoms with Crippen molar-refractivity contribution in [3.05, 3.63) is 83.2 Å². The molecule has 0 radical (unpaired) electrons. The Bertz CT molecular complexity index is 1190. The van der Waals surface area contributed by atoms with Crippen LogP contribution in [0.2, 0.25) is 0 Å². The minimum Gasteiger partial charge on any atom is -0.495 e. The molecule has 0 atom stereocenters. The van der Waals surface area contributed by atoms with Crippen molar-refractivity contribution in [2.75, 3.05) is 18.0 Å². The third-order valence-electron chi connectivity index (χ3n) is 4.91. The lowest BCUT2D eigenvalue weighted by Gasteiger charge is -2.26. The van der Waals surface area contributed by atoms with Crippen molar-refractivity contribution in [1.82, 2.24) is 10.3 Å². The lowest BCUT2D eigenvalue weighted by molar-refractivity contribution is -0.119. The van der Waals surface area contributed by atoms with E-state index in [9.17, 15) is 13.2 Å². The maximum atomic E-state index is 13.8. The molecule has 0 aliphatic carbocycles. The molecule has 0 bridgehead atoms. The highest BCUT2D eigenvalue weighted by Gasteiger charge is 2.30. The average molecular weight is 454 g/mol. The molecule has 8 heteroatoms. The lowest BCUT2D eigenvalue weighted by Crippen LogP contribution is -2.41. The first-order valence-electron chi connectivity index (χ1n) is 10.1. The summed E-state index contributed by atoms with van der Waals surface area (Å²) in [6.45, 7) is 5.49. The van der Waals surface area contributed by atoms with Gasteiger partial charge in [0.2, 0.25) is 5.91 Å². The smallest absolute Gasteiger partial charge is 0.268 e. The number of nitrogens with one attached hydrogen (secondary N) is 1. The van der Waals surface area contributed by atoms with Crippen LogP contribution < -0.4 is 14.4 Å². The van der Waals surface area contributed by atoms with Crippen molar-refractivity contribution in [2.45, 2.75) is 32.2 Å². The van der Waals surface area contributed by atoms with Crippen molar-refractivity contribution in [2.24, 2.45) is 0 Å². The van der Waals surface area contributed by atoms with E-state index in [0.29, 0.717) is 5.69 Å². The van der Waals surface area contributed by atoms with Gasteiger partial charge in [0, 0.05) is 18.9 Å². The van der Waals surface area contributed by atoms with Crippen LogP contribution >= 0.6 is 0 Å². The van der Waals surface area contributed by atoms with E-state index in [-0.39, 0.29) is 23.7 Å². The number of benzene rings is 2. The molecule has 0 fully saturated rings. The van der Waals surface area contributed by atoms with E-state index < -0.39 is 15.9 Å². The van der Waals surface area contributed by atoms with Gasteiger partial charge in [-0.25, -0.2) is 8.42 Å². The molecular formula is C24H27N3O4S. The number of methoxy groups -OCH3 is 1. The molecule has 3 rings (SSSR count). The molecule has 1 amide bonds. The number of rotatable bonds is 8. The summed E-state index contributed by atoms with van der Waals surface area (Å²) in [5.74, 6) is -0.196. The lowest BCUT2D eigenvalue weighted by atomic mass is 10.1. The maximum Gasteiger partial charge on any atom is 0.268 e. The van der Waals surface area contributed by atoms with Gasteiger partial charge in [-0.2, -0.15) is 0 Å². The maximum absolute atomic E-state index is 13.8. The molecule has 0 spiro atoms. The SMILES string of the molecule is COc1ccc(C)cc1S(=O)(=O)N(CC(=O)NCc1ccncc1)c1cc(C)cc(C)c1. The first kappa shape index (κ1) is 23.3. The number of hydrogen-bond donors (Lipinski definition) is 1. The van der Waals surface area contributed by atoms with Gasteiger partial charge < -0.3 is 10.1 Å². The monoisotopic (exact) mass is 453 g/mol. The fraction of sp³-hybridized carbons (Fsp3) is 0.250. The summed E-state index contributed by atoms with van der Waals surface area (Å²) in [5.41, 5.74) is 3.86. The molecule has 0 aliphatic heterocycles. The standard InChI is InChI=1S/C24H27N3O4S/c1-17-5-6-22(31-4)23(14-17)32(29,30)27(21-12-18(2)11-19(3)13-21)16-24(28)26-15-20-7-9-25-10-8-20/h5-14H,15-16H2,1-4H3,(H,26,28). The molecule has 0 saturated heterocycles. The molecule has 0 unspecified atom stereocenters. The predicted molar refractivity (Wildman–Crippen MR) is 124 cm³/mol. The molecule has 32 heavy (non-hydrogen) atoms. The van der Waals surface area contributed by atoms with Gasteiger partial charge in [-0.15, -0.1) is 0 Å². The zero-order valence-corrected chi connectivity index (χ0v) is 19.4. The summed E-state index contributed by atoms with van der Waals surface area (Å²) in [4.78, 5) is 16.8. The van der Waals surface area contributed by atoms with Crippen molar-refractivity contribution in [1.29, 1.82) is 0 Å². The van der Waals surface area contributed by atoms with Crippen LogP contribution in [-0.2, 0) is 21.4 Å². The van der Waals surface area contributed by atoms with Crippen LogP contribution in [0.3, 0.4) is 0 Å². The number of amides is 1. The number of sulfonamides is 1. The predicted octanol–water partition coefficient (Wildman–Crippen LogP) is 3.53. The summed E-state index contributed by atoms with van der Waals surface area (Å²) in [6, 6.07) is 14.0. The first-order chi connectivity index (χ1) is 15.2. The second kappa shape index (κ2) is 9.82. The Kier molecular flexibility index (Phi) is 7.15. The molecule has 168 valence electrons. The Hall–Kier alpha value is -3.39. The zero-order chi connectivity index (χ0) is 23.3. The van der Waals surface area contributed by atoms with Crippen molar-refractivity contribution in [3.63, 3.8) is 0 Å². The molecule has 0 saturated carbocycles. The van der Waals surface area contributed by atoms with E-state index in [1.54, 1.807) is 61.8 Å². The average Bonchev–Trinajstić information content (AvgIpc) is 2.76. The highest BCUT2D eigenvalue weighted by Crippen LogP contribution is 2.31. The number of ether oxygens (including phenoxy) is 1. The highest BCUT2D eigenvalue weighted by atomic mass is 32.2. The summed E-state index contributed by atoms with van der Waals surface area (Å²) in [5, 5.41) is 2.79. The highest BCUT2D eigenvalue weighted by molar-refractivity contribution is 7.93. The molecule has 1 N–H and O–H groups in total. The largest absolute Gasteiger partial charge is 0.495 e. The second-order valence-corrected chi connectivity index (χ2v) is 9.47. The quantitative estimate of drug-likeness (QED) is 0.564. The number of carbonyl (C=O) groups is 1. The van der Waals surface area contributed by atoms with Gasteiger partial charge in [-0.1, -0.05) is 12.1 Å². The van der Waals surface area contributed by atoms with Gasteiger partial charge in [-0.05, 0) is 79.4 Å². The number of nitrogens with zero attached hydrogens (tertiary/aromatic N) is 2. The molecule has 0 aliphatic rings. The van der Waals surface area contributed by atoms with E-state index in [4.69, 9.17) is 4.74 Å². The first-order valence-corrected chi connectivity index (χ1v) is 11.6. The van der Waals surface area contributed by atoms with Crippen molar-refractivity contribution in [3.8, 4) is 5.75 Å². The number of carbonyl (C=O) groups excluding carboxylic acids is 1. The van der Waals surface area contributed by atoms with Crippen LogP contribution in [0.1, 0.15) is 22.3 Å². The molecule has 1 aromatic heterocycles. The normalized spacial score (nSPS) is 11.1. The van der Waals surface area contributed by atoms with E-state index >= 15 is 0 Å². The van der Waals surface area contributed by atoms with Gasteiger partial charge in [0.25, 0.3) is 10.0 Å². The van der Waals surface area contributed by atoms with Gasteiger partial charge in [0.1, 0.15) is 17.2 Å². The van der Waals surface area contributed by atoms with Crippen LogP contribution in [0.15, 0.2) is 65.8 Å². The molecule has 7 nitrogen and oxygen atoms in total. The van der Waals surface area contributed by atoms with Crippen molar-refractivity contribution < 1.29 is 17.9 Å². The fourth-order valence-electron chi connectivity index (χ4n) is 3.40. The van der Waals surface area contributed by atoms with E-state index in [2.05, 4.69) is 10.3 Å². The molecule has 2 aromatic carbocycles. The van der Waals surface area contributed by atoms with E-state index in [0.717, 1.165) is 26.6 Å².